The molecule has 2 aliphatic rings. The van der Waals surface area contributed by atoms with Crippen molar-refractivity contribution in [3.8, 4) is 11.5 Å². The number of fused-ring (bicyclic) bond motifs is 1. The Kier molecular flexibility index (Phi) is 6.93. The van der Waals surface area contributed by atoms with Gasteiger partial charge in [0.05, 0.1) is 25.9 Å². The highest BCUT2D eigenvalue weighted by Gasteiger charge is 2.23. The molecule has 3 rings (SSSR count). The van der Waals surface area contributed by atoms with Crippen molar-refractivity contribution in [2.24, 2.45) is 0 Å². The Hall–Kier alpha value is -1.83. The number of ether oxygens (including phenoxy) is 3. The number of morpholine rings is 1. The SMILES string of the molecule is CCN(C(C)Cc1ccc2c(c1)OCO2)C(C)NC(=O)CN1CCOCC1. The van der Waals surface area contributed by atoms with Crippen molar-refractivity contribution in [3.05, 3.63) is 23.8 Å². The average Bonchev–Trinajstić information content (AvgIpc) is 3.10. The third-order valence-electron chi connectivity index (χ3n) is 5.24. The lowest BCUT2D eigenvalue weighted by Gasteiger charge is -2.35. The molecule has 2 heterocycles. The summed E-state index contributed by atoms with van der Waals surface area (Å²) < 4.78 is 16.2. The van der Waals surface area contributed by atoms with Gasteiger partial charge in [0.15, 0.2) is 11.5 Å². The van der Waals surface area contributed by atoms with Crippen molar-refractivity contribution in [1.29, 1.82) is 0 Å². The summed E-state index contributed by atoms with van der Waals surface area (Å²) in [4.78, 5) is 16.8. The van der Waals surface area contributed by atoms with Crippen LogP contribution in [-0.4, -0.2) is 74.1 Å². The standard InChI is InChI=1S/C20H31N3O4/c1-4-23(16(3)21-20(24)13-22-7-9-25-10-8-22)15(2)11-17-5-6-18-19(12-17)27-14-26-18/h5-6,12,15-16H,4,7-11,13-14H2,1-3H3,(H,21,24). The molecule has 2 aliphatic heterocycles. The van der Waals surface area contributed by atoms with E-state index in [0.717, 1.165) is 37.6 Å². The number of carbonyl (C=O) groups is 1. The zero-order valence-electron chi connectivity index (χ0n) is 16.6. The topological polar surface area (TPSA) is 63.3 Å². The van der Waals surface area contributed by atoms with Gasteiger partial charge >= 0.3 is 0 Å². The van der Waals surface area contributed by atoms with E-state index in [1.807, 2.05) is 12.1 Å². The Balaban J connectivity index is 1.52. The molecule has 1 fully saturated rings. The van der Waals surface area contributed by atoms with Crippen molar-refractivity contribution >= 4 is 5.91 Å². The molecule has 1 N–H and O–H groups in total. The van der Waals surface area contributed by atoms with Gasteiger partial charge in [0, 0.05) is 19.1 Å². The third-order valence-corrected chi connectivity index (χ3v) is 5.24. The number of nitrogens with one attached hydrogen (secondary N) is 1. The van der Waals surface area contributed by atoms with Crippen LogP contribution in [0.4, 0.5) is 0 Å². The maximum Gasteiger partial charge on any atom is 0.235 e. The lowest BCUT2D eigenvalue weighted by atomic mass is 10.0. The van der Waals surface area contributed by atoms with Gasteiger partial charge in [-0.2, -0.15) is 0 Å². The summed E-state index contributed by atoms with van der Waals surface area (Å²) in [5, 5.41) is 3.15. The van der Waals surface area contributed by atoms with Gasteiger partial charge in [0.2, 0.25) is 12.7 Å². The molecule has 150 valence electrons. The number of hydrogen-bond donors (Lipinski definition) is 1. The van der Waals surface area contributed by atoms with Gasteiger partial charge in [-0.1, -0.05) is 13.0 Å². The fourth-order valence-corrected chi connectivity index (χ4v) is 3.82. The van der Waals surface area contributed by atoms with Crippen LogP contribution in [0.5, 0.6) is 11.5 Å². The van der Waals surface area contributed by atoms with Crippen LogP contribution in [0.3, 0.4) is 0 Å². The fraction of sp³-hybridized carbons (Fsp3) is 0.650. The molecule has 0 radical (unpaired) electrons. The molecule has 1 amide bonds. The van der Waals surface area contributed by atoms with Gasteiger partial charge < -0.3 is 19.5 Å². The zero-order chi connectivity index (χ0) is 19.2. The molecule has 1 aromatic rings. The molecule has 27 heavy (non-hydrogen) atoms. The normalized spacial score (nSPS) is 19.1. The summed E-state index contributed by atoms with van der Waals surface area (Å²) in [7, 11) is 0. The van der Waals surface area contributed by atoms with Crippen LogP contribution in [0.2, 0.25) is 0 Å². The van der Waals surface area contributed by atoms with E-state index in [0.29, 0.717) is 26.6 Å². The molecule has 0 aliphatic carbocycles. The number of likely N-dealkylation sites (N-methyl/N-ethyl adjacent to an activating group) is 1. The van der Waals surface area contributed by atoms with Crippen molar-refractivity contribution in [3.63, 3.8) is 0 Å². The predicted molar refractivity (Wildman–Crippen MR) is 103 cm³/mol. The van der Waals surface area contributed by atoms with Crippen LogP contribution in [0, 0.1) is 0 Å². The molecule has 0 saturated carbocycles. The van der Waals surface area contributed by atoms with E-state index in [1.54, 1.807) is 0 Å². The number of benzene rings is 1. The van der Waals surface area contributed by atoms with Crippen molar-refractivity contribution in [1.82, 2.24) is 15.1 Å². The van der Waals surface area contributed by atoms with Crippen LogP contribution in [0.15, 0.2) is 18.2 Å². The lowest BCUT2D eigenvalue weighted by molar-refractivity contribution is -0.125. The first kappa shape index (κ1) is 19.9. The third kappa shape index (κ3) is 5.34. The molecule has 1 aromatic carbocycles. The van der Waals surface area contributed by atoms with E-state index in [2.05, 4.69) is 42.0 Å². The zero-order valence-corrected chi connectivity index (χ0v) is 16.6. The summed E-state index contributed by atoms with van der Waals surface area (Å²) in [6.45, 7) is 11.0. The summed E-state index contributed by atoms with van der Waals surface area (Å²) in [5.41, 5.74) is 1.21. The molecule has 7 heteroatoms. The molecular formula is C20H31N3O4. The van der Waals surface area contributed by atoms with Gasteiger partial charge in [-0.05, 0) is 44.5 Å². The molecule has 0 aromatic heterocycles. The number of amides is 1. The van der Waals surface area contributed by atoms with E-state index in [9.17, 15) is 4.79 Å². The Morgan fingerprint density at radius 2 is 1.96 bits per heavy atom. The van der Waals surface area contributed by atoms with Gasteiger partial charge in [-0.3, -0.25) is 14.6 Å². The van der Waals surface area contributed by atoms with Crippen LogP contribution < -0.4 is 14.8 Å². The molecule has 0 spiro atoms. The molecule has 2 atom stereocenters. The first-order valence-corrected chi connectivity index (χ1v) is 9.80. The van der Waals surface area contributed by atoms with E-state index >= 15 is 0 Å². The van der Waals surface area contributed by atoms with Gasteiger partial charge in [-0.15, -0.1) is 0 Å². The van der Waals surface area contributed by atoms with Crippen molar-refractivity contribution in [2.75, 3.05) is 46.2 Å². The minimum Gasteiger partial charge on any atom is -0.454 e. The van der Waals surface area contributed by atoms with Gasteiger partial charge in [-0.25, -0.2) is 0 Å². The van der Waals surface area contributed by atoms with Crippen LogP contribution in [0.25, 0.3) is 0 Å². The minimum absolute atomic E-state index is 0.0208. The molecule has 2 unspecified atom stereocenters. The van der Waals surface area contributed by atoms with Crippen LogP contribution in [0.1, 0.15) is 26.3 Å². The predicted octanol–water partition coefficient (Wildman–Crippen LogP) is 1.46. The second-order valence-electron chi connectivity index (χ2n) is 7.20. The maximum absolute atomic E-state index is 12.4. The monoisotopic (exact) mass is 377 g/mol. The number of carbonyl (C=O) groups excluding carboxylic acids is 1. The van der Waals surface area contributed by atoms with Gasteiger partial charge in [0.1, 0.15) is 0 Å². The lowest BCUT2D eigenvalue weighted by Crippen LogP contribution is -2.53. The second kappa shape index (κ2) is 9.39. The largest absolute Gasteiger partial charge is 0.454 e. The molecule has 7 nitrogen and oxygen atoms in total. The van der Waals surface area contributed by atoms with Crippen LogP contribution >= 0.6 is 0 Å². The van der Waals surface area contributed by atoms with Gasteiger partial charge in [0.25, 0.3) is 0 Å². The van der Waals surface area contributed by atoms with Crippen molar-refractivity contribution in [2.45, 2.75) is 39.4 Å². The summed E-state index contributed by atoms with van der Waals surface area (Å²) in [5.74, 6) is 1.69. The number of rotatable bonds is 8. The van der Waals surface area contributed by atoms with E-state index in [1.165, 1.54) is 5.56 Å². The van der Waals surface area contributed by atoms with E-state index in [-0.39, 0.29) is 18.1 Å². The summed E-state index contributed by atoms with van der Waals surface area (Å²) in [6.07, 6.45) is 0.862. The van der Waals surface area contributed by atoms with Crippen molar-refractivity contribution < 1.29 is 19.0 Å². The highest BCUT2D eigenvalue weighted by molar-refractivity contribution is 5.78. The minimum atomic E-state index is -0.0208. The fourth-order valence-electron chi connectivity index (χ4n) is 3.82. The molecule has 0 bridgehead atoms. The molecule has 1 saturated heterocycles. The van der Waals surface area contributed by atoms with E-state index < -0.39 is 0 Å². The Labute approximate surface area is 161 Å². The van der Waals surface area contributed by atoms with Crippen LogP contribution in [-0.2, 0) is 16.0 Å². The Bertz CT molecular complexity index is 634. The second-order valence-corrected chi connectivity index (χ2v) is 7.20. The average molecular weight is 377 g/mol. The number of hydrogen-bond acceptors (Lipinski definition) is 6. The first-order valence-electron chi connectivity index (χ1n) is 9.80. The van der Waals surface area contributed by atoms with E-state index in [4.69, 9.17) is 14.2 Å². The first-order chi connectivity index (χ1) is 13.1. The summed E-state index contributed by atoms with van der Waals surface area (Å²) in [6, 6.07) is 6.39. The summed E-state index contributed by atoms with van der Waals surface area (Å²) >= 11 is 0. The number of nitrogens with zero attached hydrogens (tertiary/aromatic N) is 2. The maximum atomic E-state index is 12.4. The highest BCUT2D eigenvalue weighted by atomic mass is 16.7. The Morgan fingerprint density at radius 1 is 1.22 bits per heavy atom. The molecular weight excluding hydrogens is 346 g/mol. The quantitative estimate of drug-likeness (QED) is 0.692. The highest BCUT2D eigenvalue weighted by Crippen LogP contribution is 2.33. The smallest absolute Gasteiger partial charge is 0.235 e. The Morgan fingerprint density at radius 3 is 2.70 bits per heavy atom.